The van der Waals surface area contributed by atoms with Gasteiger partial charge in [-0.25, -0.2) is 8.78 Å². The lowest BCUT2D eigenvalue weighted by Crippen LogP contribution is -2.31. The van der Waals surface area contributed by atoms with Gasteiger partial charge in [0, 0.05) is 6.04 Å². The van der Waals surface area contributed by atoms with E-state index in [0.717, 1.165) is 24.8 Å². The fourth-order valence-corrected chi connectivity index (χ4v) is 2.31. The third-order valence-corrected chi connectivity index (χ3v) is 3.28. The van der Waals surface area contributed by atoms with Crippen molar-refractivity contribution < 1.29 is 8.78 Å². The van der Waals surface area contributed by atoms with Crippen LogP contribution in [0.15, 0.2) is 18.2 Å². The fraction of sp³-hybridized carbons (Fsp3) is 0.538. The number of nitrogens with one attached hydrogen (secondary N) is 1. The molecule has 0 fully saturated rings. The van der Waals surface area contributed by atoms with E-state index in [0.29, 0.717) is 12.0 Å². The van der Waals surface area contributed by atoms with Gasteiger partial charge in [0.1, 0.15) is 11.6 Å². The molecular weight excluding hydrogens is 240 g/mol. The van der Waals surface area contributed by atoms with Crippen LogP contribution in [0.1, 0.15) is 18.9 Å². The molecule has 1 aromatic rings. The first kappa shape index (κ1) is 14.5. The van der Waals surface area contributed by atoms with Crippen LogP contribution in [0.25, 0.3) is 0 Å². The van der Waals surface area contributed by atoms with E-state index in [1.807, 2.05) is 13.2 Å². The van der Waals surface area contributed by atoms with E-state index in [1.54, 1.807) is 11.8 Å². The van der Waals surface area contributed by atoms with Gasteiger partial charge in [0.2, 0.25) is 0 Å². The zero-order chi connectivity index (χ0) is 12.7. The number of thioether (sulfide) groups is 1. The van der Waals surface area contributed by atoms with Gasteiger partial charge >= 0.3 is 0 Å². The molecule has 17 heavy (non-hydrogen) atoms. The maximum absolute atomic E-state index is 13.5. The van der Waals surface area contributed by atoms with Crippen LogP contribution in [0.4, 0.5) is 8.78 Å². The Kier molecular flexibility index (Phi) is 6.52. The van der Waals surface area contributed by atoms with Crippen molar-refractivity contribution in [3.05, 3.63) is 35.4 Å². The molecule has 0 heterocycles. The molecule has 0 spiro atoms. The normalized spacial score (nSPS) is 12.7. The average molecular weight is 259 g/mol. The van der Waals surface area contributed by atoms with E-state index in [9.17, 15) is 8.78 Å². The van der Waals surface area contributed by atoms with Crippen LogP contribution in [-0.2, 0) is 6.42 Å². The molecule has 0 radical (unpaired) electrons. The second-order valence-corrected chi connectivity index (χ2v) is 4.96. The minimum Gasteiger partial charge on any atom is -0.314 e. The molecule has 96 valence electrons. The molecule has 0 aromatic heterocycles. The van der Waals surface area contributed by atoms with Gasteiger partial charge < -0.3 is 5.32 Å². The summed E-state index contributed by atoms with van der Waals surface area (Å²) in [5, 5.41) is 3.31. The highest BCUT2D eigenvalue weighted by Gasteiger charge is 2.11. The van der Waals surface area contributed by atoms with E-state index in [2.05, 4.69) is 5.32 Å². The van der Waals surface area contributed by atoms with Crippen LogP contribution in [0, 0.1) is 11.6 Å². The molecule has 0 aliphatic carbocycles. The minimum atomic E-state index is -0.374. The van der Waals surface area contributed by atoms with Gasteiger partial charge in [-0.2, -0.15) is 11.8 Å². The number of halogens is 2. The summed E-state index contributed by atoms with van der Waals surface area (Å²) in [4.78, 5) is 0. The summed E-state index contributed by atoms with van der Waals surface area (Å²) in [7, 11) is 0. The molecule has 0 bridgehead atoms. The first-order valence-corrected chi connectivity index (χ1v) is 7.23. The predicted octanol–water partition coefficient (Wildman–Crippen LogP) is 3.24. The van der Waals surface area contributed by atoms with Crippen molar-refractivity contribution in [3.8, 4) is 0 Å². The summed E-state index contributed by atoms with van der Waals surface area (Å²) in [5.41, 5.74) is 0.456. The number of rotatable bonds is 7. The molecule has 1 atom stereocenters. The van der Waals surface area contributed by atoms with Crippen molar-refractivity contribution >= 4 is 11.8 Å². The SMILES string of the molecule is CCNC(CCSC)Cc1cc(F)ccc1F. The van der Waals surface area contributed by atoms with Crippen molar-refractivity contribution in [2.24, 2.45) is 0 Å². The van der Waals surface area contributed by atoms with Gasteiger partial charge in [-0.15, -0.1) is 0 Å². The summed E-state index contributed by atoms with van der Waals surface area (Å²) in [6, 6.07) is 3.85. The highest BCUT2D eigenvalue weighted by atomic mass is 32.2. The number of benzene rings is 1. The first-order valence-electron chi connectivity index (χ1n) is 5.83. The van der Waals surface area contributed by atoms with Crippen LogP contribution in [0.3, 0.4) is 0 Å². The van der Waals surface area contributed by atoms with Crippen molar-refractivity contribution in [1.82, 2.24) is 5.32 Å². The van der Waals surface area contributed by atoms with Crippen LogP contribution in [0.2, 0.25) is 0 Å². The lowest BCUT2D eigenvalue weighted by molar-refractivity contribution is 0.496. The Morgan fingerprint density at radius 3 is 2.76 bits per heavy atom. The Labute approximate surface area is 106 Å². The second-order valence-electron chi connectivity index (χ2n) is 3.98. The zero-order valence-electron chi connectivity index (χ0n) is 10.3. The molecule has 4 heteroatoms. The summed E-state index contributed by atoms with van der Waals surface area (Å²) in [6.07, 6.45) is 3.55. The molecular formula is C13H19F2NS. The molecule has 1 nitrogen and oxygen atoms in total. The summed E-state index contributed by atoms with van der Waals surface area (Å²) >= 11 is 1.77. The largest absolute Gasteiger partial charge is 0.314 e. The summed E-state index contributed by atoms with van der Waals surface area (Å²) < 4.78 is 26.5. The maximum atomic E-state index is 13.5. The maximum Gasteiger partial charge on any atom is 0.126 e. The topological polar surface area (TPSA) is 12.0 Å². The monoisotopic (exact) mass is 259 g/mol. The van der Waals surface area contributed by atoms with Gasteiger partial charge in [-0.05, 0) is 55.2 Å². The highest BCUT2D eigenvalue weighted by Crippen LogP contribution is 2.14. The second kappa shape index (κ2) is 7.67. The van der Waals surface area contributed by atoms with E-state index in [1.165, 1.54) is 12.1 Å². The average Bonchev–Trinajstić information content (AvgIpc) is 2.31. The predicted molar refractivity (Wildman–Crippen MR) is 70.5 cm³/mol. The molecule has 0 aliphatic heterocycles. The van der Waals surface area contributed by atoms with Crippen LogP contribution in [-0.4, -0.2) is 24.6 Å². The lowest BCUT2D eigenvalue weighted by Gasteiger charge is -2.17. The van der Waals surface area contributed by atoms with Gasteiger partial charge in [0.05, 0.1) is 0 Å². The van der Waals surface area contributed by atoms with Gasteiger partial charge in [-0.1, -0.05) is 6.92 Å². The quantitative estimate of drug-likeness (QED) is 0.807. The molecule has 0 aliphatic rings. The lowest BCUT2D eigenvalue weighted by atomic mass is 10.0. The van der Waals surface area contributed by atoms with Crippen LogP contribution < -0.4 is 5.32 Å². The Morgan fingerprint density at radius 1 is 1.35 bits per heavy atom. The minimum absolute atomic E-state index is 0.212. The summed E-state index contributed by atoms with van der Waals surface area (Å²) in [6.45, 7) is 2.87. The smallest absolute Gasteiger partial charge is 0.126 e. The number of hydrogen-bond acceptors (Lipinski definition) is 2. The molecule has 1 aromatic carbocycles. The standard InChI is InChI=1S/C13H19F2NS/c1-3-16-12(6-7-17-2)9-10-8-11(14)4-5-13(10)15/h4-5,8,12,16H,3,6-7,9H2,1-2H3. The first-order chi connectivity index (χ1) is 8.17. The fourth-order valence-electron chi connectivity index (χ4n) is 1.79. The molecule has 1 rings (SSSR count). The van der Waals surface area contributed by atoms with Crippen molar-refractivity contribution in [2.75, 3.05) is 18.6 Å². The van der Waals surface area contributed by atoms with Crippen molar-refractivity contribution in [2.45, 2.75) is 25.8 Å². The van der Waals surface area contributed by atoms with E-state index < -0.39 is 0 Å². The van der Waals surface area contributed by atoms with Gasteiger partial charge in [0.15, 0.2) is 0 Å². The third kappa shape index (κ3) is 5.04. The molecule has 1 N–H and O–H groups in total. The Bertz CT molecular complexity index is 344. The molecule has 0 saturated carbocycles. The van der Waals surface area contributed by atoms with E-state index >= 15 is 0 Å². The Balaban J connectivity index is 2.67. The van der Waals surface area contributed by atoms with Crippen LogP contribution >= 0.6 is 11.8 Å². The van der Waals surface area contributed by atoms with E-state index in [4.69, 9.17) is 0 Å². The molecule has 0 saturated heterocycles. The molecule has 1 unspecified atom stereocenters. The third-order valence-electron chi connectivity index (χ3n) is 2.64. The number of hydrogen-bond donors (Lipinski definition) is 1. The van der Waals surface area contributed by atoms with E-state index in [-0.39, 0.29) is 17.7 Å². The zero-order valence-corrected chi connectivity index (χ0v) is 11.1. The number of likely N-dealkylation sites (N-methyl/N-ethyl adjacent to an activating group) is 1. The Hall–Kier alpha value is -0.610. The van der Waals surface area contributed by atoms with Gasteiger partial charge in [0.25, 0.3) is 0 Å². The highest BCUT2D eigenvalue weighted by molar-refractivity contribution is 7.98. The van der Waals surface area contributed by atoms with Crippen LogP contribution in [0.5, 0.6) is 0 Å². The summed E-state index contributed by atoms with van der Waals surface area (Å²) in [5.74, 6) is 0.328. The molecule has 0 amide bonds. The van der Waals surface area contributed by atoms with Crippen molar-refractivity contribution in [1.29, 1.82) is 0 Å². The van der Waals surface area contributed by atoms with Gasteiger partial charge in [-0.3, -0.25) is 0 Å². The Morgan fingerprint density at radius 2 is 2.12 bits per heavy atom. The van der Waals surface area contributed by atoms with Crippen molar-refractivity contribution in [3.63, 3.8) is 0 Å².